The average Bonchev–Trinajstić information content (AvgIpc) is 2.28. The lowest BCUT2D eigenvalue weighted by molar-refractivity contribution is 0.255. The van der Waals surface area contributed by atoms with Gasteiger partial charge in [-0.05, 0) is 59.5 Å². The second-order valence-corrected chi connectivity index (χ2v) is 5.45. The monoisotopic (exact) mass is 348 g/mol. The van der Waals surface area contributed by atoms with E-state index in [0.717, 1.165) is 40.8 Å². The number of rotatable bonds is 7. The van der Waals surface area contributed by atoms with E-state index in [2.05, 4.69) is 34.8 Å². The topological polar surface area (TPSA) is 58.3 Å². The summed E-state index contributed by atoms with van der Waals surface area (Å²) in [5, 5.41) is 12.4. The fourth-order valence-electron chi connectivity index (χ4n) is 1.87. The third-order valence-corrected chi connectivity index (χ3v) is 3.70. The van der Waals surface area contributed by atoms with E-state index >= 15 is 0 Å². The number of anilines is 2. The molecule has 4 N–H and O–H groups in total. The molecule has 1 aromatic carbocycles. The summed E-state index contributed by atoms with van der Waals surface area (Å²) in [5.41, 5.74) is 7.63. The van der Waals surface area contributed by atoms with Gasteiger partial charge in [0, 0.05) is 28.1 Å². The highest BCUT2D eigenvalue weighted by atomic mass is 127. The van der Waals surface area contributed by atoms with Gasteiger partial charge < -0.3 is 16.2 Å². The molecule has 0 heterocycles. The SMILES string of the molecule is CCCC(CCO)CNc1ccc(N)cc1I. The smallest absolute Gasteiger partial charge is 0.0477 e. The third-order valence-electron chi connectivity index (χ3n) is 2.81. The molecule has 0 aliphatic carbocycles. The molecule has 0 bridgehead atoms. The largest absolute Gasteiger partial charge is 0.399 e. The molecule has 96 valence electrons. The van der Waals surface area contributed by atoms with Crippen molar-refractivity contribution in [3.8, 4) is 0 Å². The molecular formula is C13H21IN2O. The minimum Gasteiger partial charge on any atom is -0.399 e. The van der Waals surface area contributed by atoms with E-state index in [9.17, 15) is 0 Å². The van der Waals surface area contributed by atoms with Crippen LogP contribution in [0.4, 0.5) is 11.4 Å². The number of aliphatic hydroxyl groups excluding tert-OH is 1. The second kappa shape index (κ2) is 7.76. The normalized spacial score (nSPS) is 12.4. The van der Waals surface area contributed by atoms with E-state index in [-0.39, 0.29) is 6.61 Å². The van der Waals surface area contributed by atoms with Crippen LogP contribution in [0.15, 0.2) is 18.2 Å². The Kier molecular flexibility index (Phi) is 6.65. The first kappa shape index (κ1) is 14.6. The van der Waals surface area contributed by atoms with Crippen LogP contribution in [0.1, 0.15) is 26.2 Å². The highest BCUT2D eigenvalue weighted by Crippen LogP contribution is 2.22. The van der Waals surface area contributed by atoms with Gasteiger partial charge >= 0.3 is 0 Å². The lowest BCUT2D eigenvalue weighted by atomic mass is 10.0. The van der Waals surface area contributed by atoms with Gasteiger partial charge in [-0.2, -0.15) is 0 Å². The summed E-state index contributed by atoms with van der Waals surface area (Å²) in [4.78, 5) is 0. The molecule has 0 fully saturated rings. The van der Waals surface area contributed by atoms with Gasteiger partial charge in [0.25, 0.3) is 0 Å². The molecule has 0 spiro atoms. The minimum absolute atomic E-state index is 0.269. The highest BCUT2D eigenvalue weighted by molar-refractivity contribution is 14.1. The van der Waals surface area contributed by atoms with Crippen molar-refractivity contribution in [1.82, 2.24) is 0 Å². The summed E-state index contributed by atoms with van der Waals surface area (Å²) >= 11 is 2.28. The lowest BCUT2D eigenvalue weighted by Gasteiger charge is -2.17. The molecule has 1 atom stereocenters. The summed E-state index contributed by atoms with van der Waals surface area (Å²) in [7, 11) is 0. The first-order valence-electron chi connectivity index (χ1n) is 6.07. The Balaban J connectivity index is 2.52. The number of benzene rings is 1. The molecule has 4 heteroatoms. The first-order chi connectivity index (χ1) is 8.17. The van der Waals surface area contributed by atoms with Gasteiger partial charge in [0.15, 0.2) is 0 Å². The maximum atomic E-state index is 9.01. The average molecular weight is 348 g/mol. The van der Waals surface area contributed by atoms with Gasteiger partial charge in [-0.1, -0.05) is 13.3 Å². The fourth-order valence-corrected chi connectivity index (χ4v) is 2.60. The van der Waals surface area contributed by atoms with Crippen LogP contribution in [-0.2, 0) is 0 Å². The van der Waals surface area contributed by atoms with Crippen molar-refractivity contribution in [1.29, 1.82) is 0 Å². The standard InChI is InChI=1S/C13H21IN2O/c1-2-3-10(6-7-17)9-16-13-5-4-11(15)8-12(13)14/h4-5,8,10,16-17H,2-3,6-7,9,15H2,1H3. The van der Waals surface area contributed by atoms with Crippen LogP contribution in [0.5, 0.6) is 0 Å². The molecule has 0 amide bonds. The molecule has 1 aromatic rings. The van der Waals surface area contributed by atoms with Crippen LogP contribution in [0.2, 0.25) is 0 Å². The number of halogens is 1. The maximum absolute atomic E-state index is 9.01. The quantitative estimate of drug-likeness (QED) is 0.524. The Hall–Kier alpha value is -0.490. The Morgan fingerprint density at radius 2 is 2.18 bits per heavy atom. The summed E-state index contributed by atoms with van der Waals surface area (Å²) in [5.74, 6) is 0.540. The van der Waals surface area contributed by atoms with Crippen molar-refractivity contribution in [3.63, 3.8) is 0 Å². The van der Waals surface area contributed by atoms with Gasteiger partial charge in [0.1, 0.15) is 0 Å². The van der Waals surface area contributed by atoms with Gasteiger partial charge in [0.05, 0.1) is 0 Å². The number of nitrogens with two attached hydrogens (primary N) is 1. The Labute approximate surface area is 117 Å². The number of nitrogen functional groups attached to an aromatic ring is 1. The van der Waals surface area contributed by atoms with Crippen LogP contribution < -0.4 is 11.1 Å². The van der Waals surface area contributed by atoms with E-state index in [0.29, 0.717) is 5.92 Å². The Bertz CT molecular complexity index is 338. The third kappa shape index (κ3) is 5.12. The number of aliphatic hydroxyl groups is 1. The zero-order chi connectivity index (χ0) is 12.7. The zero-order valence-electron chi connectivity index (χ0n) is 10.2. The first-order valence-corrected chi connectivity index (χ1v) is 7.15. The summed E-state index contributed by atoms with van der Waals surface area (Å²) in [6.45, 7) is 3.36. The van der Waals surface area contributed by atoms with Gasteiger partial charge in [-0.25, -0.2) is 0 Å². The van der Waals surface area contributed by atoms with E-state index in [4.69, 9.17) is 10.8 Å². The zero-order valence-corrected chi connectivity index (χ0v) is 12.4. The molecule has 1 rings (SSSR count). The predicted molar refractivity (Wildman–Crippen MR) is 82.2 cm³/mol. The molecule has 0 aliphatic rings. The summed E-state index contributed by atoms with van der Waals surface area (Å²) in [6, 6.07) is 5.88. The molecule has 0 saturated heterocycles. The molecule has 1 unspecified atom stereocenters. The van der Waals surface area contributed by atoms with Crippen molar-refractivity contribution >= 4 is 34.0 Å². The number of nitrogens with one attached hydrogen (secondary N) is 1. The van der Waals surface area contributed by atoms with Crippen molar-refractivity contribution in [3.05, 3.63) is 21.8 Å². The summed E-state index contributed by atoms with van der Waals surface area (Å²) in [6.07, 6.45) is 3.18. The molecule has 0 saturated carbocycles. The van der Waals surface area contributed by atoms with Crippen LogP contribution in [0.3, 0.4) is 0 Å². The second-order valence-electron chi connectivity index (χ2n) is 4.29. The molecule has 17 heavy (non-hydrogen) atoms. The van der Waals surface area contributed by atoms with Crippen molar-refractivity contribution in [2.75, 3.05) is 24.2 Å². The maximum Gasteiger partial charge on any atom is 0.0477 e. The van der Waals surface area contributed by atoms with Crippen molar-refractivity contribution in [2.45, 2.75) is 26.2 Å². The van der Waals surface area contributed by atoms with Crippen LogP contribution in [0.25, 0.3) is 0 Å². The lowest BCUT2D eigenvalue weighted by Crippen LogP contribution is -2.16. The highest BCUT2D eigenvalue weighted by Gasteiger charge is 2.08. The van der Waals surface area contributed by atoms with Crippen LogP contribution in [-0.4, -0.2) is 18.3 Å². The Morgan fingerprint density at radius 3 is 2.76 bits per heavy atom. The van der Waals surface area contributed by atoms with E-state index < -0.39 is 0 Å². The number of hydrogen-bond acceptors (Lipinski definition) is 3. The molecule has 0 aliphatic heterocycles. The Morgan fingerprint density at radius 1 is 1.41 bits per heavy atom. The van der Waals surface area contributed by atoms with E-state index in [1.54, 1.807) is 0 Å². The summed E-state index contributed by atoms with van der Waals surface area (Å²) < 4.78 is 1.14. The molecule has 0 aromatic heterocycles. The van der Waals surface area contributed by atoms with Gasteiger partial charge in [0.2, 0.25) is 0 Å². The minimum atomic E-state index is 0.269. The van der Waals surface area contributed by atoms with Crippen molar-refractivity contribution in [2.24, 2.45) is 5.92 Å². The molecular weight excluding hydrogens is 327 g/mol. The predicted octanol–water partition coefficient (Wildman–Crippen LogP) is 3.08. The van der Waals surface area contributed by atoms with E-state index in [1.165, 1.54) is 0 Å². The molecule has 0 radical (unpaired) electrons. The fraction of sp³-hybridized carbons (Fsp3) is 0.538. The number of hydrogen-bond donors (Lipinski definition) is 3. The van der Waals surface area contributed by atoms with Gasteiger partial charge in [-0.15, -0.1) is 0 Å². The van der Waals surface area contributed by atoms with E-state index in [1.807, 2.05) is 18.2 Å². The van der Waals surface area contributed by atoms with Crippen LogP contribution in [0, 0.1) is 9.49 Å². The van der Waals surface area contributed by atoms with Crippen LogP contribution >= 0.6 is 22.6 Å². The molecule has 3 nitrogen and oxygen atoms in total. The van der Waals surface area contributed by atoms with Gasteiger partial charge in [-0.3, -0.25) is 0 Å². The van der Waals surface area contributed by atoms with Crippen molar-refractivity contribution < 1.29 is 5.11 Å².